The van der Waals surface area contributed by atoms with Crippen molar-refractivity contribution in [2.24, 2.45) is 0 Å². The Kier molecular flexibility index (Phi) is 5.11. The van der Waals surface area contributed by atoms with Crippen molar-refractivity contribution in [1.29, 1.82) is 0 Å². The molecule has 1 aromatic carbocycles. The molecule has 2 aromatic rings. The molecular formula is C16H17NO3S. The van der Waals surface area contributed by atoms with Gasteiger partial charge >= 0.3 is 5.97 Å². The van der Waals surface area contributed by atoms with E-state index in [-0.39, 0.29) is 5.91 Å². The molecule has 0 spiro atoms. The Balaban J connectivity index is 1.91. The van der Waals surface area contributed by atoms with Gasteiger partial charge in [-0.05, 0) is 42.5 Å². The van der Waals surface area contributed by atoms with Gasteiger partial charge in [0.05, 0.1) is 0 Å². The lowest BCUT2D eigenvalue weighted by Gasteiger charge is -2.13. The van der Waals surface area contributed by atoms with E-state index in [2.05, 4.69) is 12.2 Å². The fraction of sp³-hybridized carbons (Fsp3) is 0.250. The van der Waals surface area contributed by atoms with Crippen molar-refractivity contribution in [1.82, 2.24) is 0 Å². The van der Waals surface area contributed by atoms with Crippen LogP contribution < -0.4 is 5.32 Å². The molecule has 0 saturated heterocycles. The van der Waals surface area contributed by atoms with Crippen LogP contribution in [0, 0.1) is 0 Å². The summed E-state index contributed by atoms with van der Waals surface area (Å²) in [6.07, 6.45) is 0.105. The number of benzene rings is 1. The summed E-state index contributed by atoms with van der Waals surface area (Å²) in [7, 11) is 0. The van der Waals surface area contributed by atoms with Gasteiger partial charge < -0.3 is 10.1 Å². The monoisotopic (exact) mass is 303 g/mol. The summed E-state index contributed by atoms with van der Waals surface area (Å²) in [5.74, 6) is -0.821. The largest absolute Gasteiger partial charge is 0.448 e. The summed E-state index contributed by atoms with van der Waals surface area (Å²) >= 11 is 1.29. The molecule has 21 heavy (non-hydrogen) atoms. The number of hydrogen-bond acceptors (Lipinski definition) is 4. The van der Waals surface area contributed by atoms with E-state index in [1.807, 2.05) is 24.3 Å². The summed E-state index contributed by atoms with van der Waals surface area (Å²) in [6, 6.07) is 11.0. The van der Waals surface area contributed by atoms with Crippen LogP contribution in [-0.4, -0.2) is 18.0 Å². The molecule has 0 aliphatic carbocycles. The Labute approximate surface area is 127 Å². The third kappa shape index (κ3) is 4.16. The highest BCUT2D eigenvalue weighted by Crippen LogP contribution is 2.13. The molecule has 1 amide bonds. The first-order chi connectivity index (χ1) is 10.1. The van der Waals surface area contributed by atoms with E-state index >= 15 is 0 Å². The highest BCUT2D eigenvalue weighted by atomic mass is 32.1. The van der Waals surface area contributed by atoms with Crippen LogP contribution in [-0.2, 0) is 16.0 Å². The van der Waals surface area contributed by atoms with Crippen LogP contribution in [0.3, 0.4) is 0 Å². The number of anilines is 1. The molecule has 4 nitrogen and oxygen atoms in total. The van der Waals surface area contributed by atoms with Gasteiger partial charge in [-0.15, -0.1) is 11.3 Å². The standard InChI is InChI=1S/C16H17NO3S/c1-3-12-6-8-13(9-7-12)17-15(18)11(2)20-16(19)14-5-4-10-21-14/h4-11H,3H2,1-2H3,(H,17,18)/t11-/m0/s1. The minimum atomic E-state index is -0.842. The number of nitrogens with one attached hydrogen (secondary N) is 1. The third-order valence-corrected chi connectivity index (χ3v) is 3.86. The van der Waals surface area contributed by atoms with Crippen molar-refractivity contribution in [2.75, 3.05) is 5.32 Å². The number of thiophene rings is 1. The van der Waals surface area contributed by atoms with E-state index in [1.165, 1.54) is 16.9 Å². The van der Waals surface area contributed by atoms with Crippen LogP contribution in [0.5, 0.6) is 0 Å². The number of carbonyl (C=O) groups is 2. The molecule has 0 aliphatic rings. The van der Waals surface area contributed by atoms with Crippen LogP contribution in [0.2, 0.25) is 0 Å². The quantitative estimate of drug-likeness (QED) is 0.860. The lowest BCUT2D eigenvalue weighted by atomic mass is 10.1. The number of rotatable bonds is 5. The molecule has 0 fully saturated rings. The number of hydrogen-bond donors (Lipinski definition) is 1. The minimum absolute atomic E-state index is 0.343. The van der Waals surface area contributed by atoms with Crippen molar-refractivity contribution < 1.29 is 14.3 Å². The summed E-state index contributed by atoms with van der Waals surface area (Å²) in [5.41, 5.74) is 1.89. The van der Waals surface area contributed by atoms with E-state index in [9.17, 15) is 9.59 Å². The van der Waals surface area contributed by atoms with Gasteiger partial charge in [0.1, 0.15) is 4.88 Å². The van der Waals surface area contributed by atoms with Crippen LogP contribution in [0.1, 0.15) is 29.1 Å². The predicted molar refractivity (Wildman–Crippen MR) is 83.6 cm³/mol. The normalized spacial score (nSPS) is 11.7. The van der Waals surface area contributed by atoms with Crippen molar-refractivity contribution >= 4 is 28.9 Å². The molecular weight excluding hydrogens is 286 g/mol. The molecule has 0 unspecified atom stereocenters. The highest BCUT2D eigenvalue weighted by Gasteiger charge is 2.19. The first-order valence-corrected chi connectivity index (χ1v) is 7.62. The SMILES string of the molecule is CCc1ccc(NC(=O)[C@H](C)OC(=O)c2cccs2)cc1. The Morgan fingerprint density at radius 3 is 2.52 bits per heavy atom. The second-order valence-corrected chi connectivity index (χ2v) is 5.51. The molecule has 1 N–H and O–H groups in total. The molecule has 0 saturated carbocycles. The zero-order chi connectivity index (χ0) is 15.2. The van der Waals surface area contributed by atoms with Gasteiger partial charge in [0.15, 0.2) is 6.10 Å². The molecule has 0 bridgehead atoms. The van der Waals surface area contributed by atoms with Gasteiger partial charge in [-0.25, -0.2) is 4.79 Å². The lowest BCUT2D eigenvalue weighted by Crippen LogP contribution is -2.29. The average Bonchev–Trinajstić information content (AvgIpc) is 3.02. The van der Waals surface area contributed by atoms with E-state index in [4.69, 9.17) is 4.74 Å². The number of aryl methyl sites for hydroxylation is 1. The summed E-state index contributed by atoms with van der Waals surface area (Å²) in [6.45, 7) is 3.63. The fourth-order valence-corrected chi connectivity index (χ4v) is 2.34. The van der Waals surface area contributed by atoms with Crippen molar-refractivity contribution in [3.63, 3.8) is 0 Å². The second-order valence-electron chi connectivity index (χ2n) is 4.56. The number of ether oxygens (including phenoxy) is 1. The maximum atomic E-state index is 12.0. The van der Waals surface area contributed by atoms with Gasteiger partial charge in [-0.2, -0.15) is 0 Å². The van der Waals surface area contributed by atoms with Gasteiger partial charge in [-0.1, -0.05) is 25.1 Å². The van der Waals surface area contributed by atoms with E-state index in [1.54, 1.807) is 24.4 Å². The Bertz CT molecular complexity index is 605. The lowest BCUT2D eigenvalue weighted by molar-refractivity contribution is -0.123. The molecule has 1 heterocycles. The maximum absolute atomic E-state index is 12.0. The molecule has 5 heteroatoms. The van der Waals surface area contributed by atoms with Crippen LogP contribution in [0.25, 0.3) is 0 Å². The van der Waals surface area contributed by atoms with Crippen molar-refractivity contribution in [3.8, 4) is 0 Å². The van der Waals surface area contributed by atoms with Crippen LogP contribution >= 0.6 is 11.3 Å². The van der Waals surface area contributed by atoms with Gasteiger partial charge in [0.25, 0.3) is 5.91 Å². The fourth-order valence-electron chi connectivity index (χ4n) is 1.73. The third-order valence-electron chi connectivity index (χ3n) is 3.01. The molecule has 110 valence electrons. The molecule has 1 aromatic heterocycles. The molecule has 2 rings (SSSR count). The average molecular weight is 303 g/mol. The summed E-state index contributed by atoms with van der Waals surface area (Å²) in [5, 5.41) is 4.52. The van der Waals surface area contributed by atoms with Gasteiger partial charge in [0, 0.05) is 5.69 Å². The maximum Gasteiger partial charge on any atom is 0.349 e. The van der Waals surface area contributed by atoms with Crippen LogP contribution in [0.4, 0.5) is 5.69 Å². The van der Waals surface area contributed by atoms with Crippen molar-refractivity contribution in [2.45, 2.75) is 26.4 Å². The first-order valence-electron chi connectivity index (χ1n) is 6.74. The highest BCUT2D eigenvalue weighted by molar-refractivity contribution is 7.11. The number of amides is 1. The summed E-state index contributed by atoms with van der Waals surface area (Å²) < 4.78 is 5.13. The zero-order valence-corrected chi connectivity index (χ0v) is 12.8. The van der Waals surface area contributed by atoms with E-state index < -0.39 is 12.1 Å². The molecule has 1 atom stereocenters. The smallest absolute Gasteiger partial charge is 0.349 e. The minimum Gasteiger partial charge on any atom is -0.448 e. The first kappa shape index (κ1) is 15.3. The molecule has 0 radical (unpaired) electrons. The van der Waals surface area contributed by atoms with Gasteiger partial charge in [0.2, 0.25) is 0 Å². The number of esters is 1. The predicted octanol–water partition coefficient (Wildman–Crippen LogP) is 3.49. The Hall–Kier alpha value is -2.14. The van der Waals surface area contributed by atoms with Gasteiger partial charge in [-0.3, -0.25) is 4.79 Å². The van der Waals surface area contributed by atoms with Crippen molar-refractivity contribution in [3.05, 3.63) is 52.2 Å². The topological polar surface area (TPSA) is 55.4 Å². The van der Waals surface area contributed by atoms with E-state index in [0.717, 1.165) is 6.42 Å². The summed E-state index contributed by atoms with van der Waals surface area (Å²) in [4.78, 5) is 24.2. The van der Waals surface area contributed by atoms with Crippen LogP contribution in [0.15, 0.2) is 41.8 Å². The van der Waals surface area contributed by atoms with E-state index in [0.29, 0.717) is 10.6 Å². The number of carbonyl (C=O) groups excluding carboxylic acids is 2. The second kappa shape index (κ2) is 7.04. The Morgan fingerprint density at radius 1 is 1.24 bits per heavy atom. The molecule has 0 aliphatic heterocycles. The zero-order valence-electron chi connectivity index (χ0n) is 12.0. The Morgan fingerprint density at radius 2 is 1.95 bits per heavy atom.